The largest absolute Gasteiger partial charge is 0.507 e. The first-order valence-corrected chi connectivity index (χ1v) is 10.9. The van der Waals surface area contributed by atoms with Gasteiger partial charge in [0.25, 0.3) is 0 Å². The number of halogens is 2. The molecule has 5 rings (SSSR count). The van der Waals surface area contributed by atoms with Gasteiger partial charge in [-0.2, -0.15) is 0 Å². The molecule has 31 heavy (non-hydrogen) atoms. The predicted octanol–water partition coefficient (Wildman–Crippen LogP) is 7.33. The van der Waals surface area contributed by atoms with E-state index in [2.05, 4.69) is 41.8 Å². The molecule has 0 atom stereocenters. The Labute approximate surface area is 194 Å². The number of hydrogen-bond acceptors (Lipinski definition) is 5. The number of fused-ring (bicyclic) bond motifs is 2. The number of phenols is 2. The maximum absolute atomic E-state index is 10.5. The van der Waals surface area contributed by atoms with E-state index in [0.29, 0.717) is 38.3 Å². The Morgan fingerprint density at radius 1 is 0.903 bits per heavy atom. The Balaban J connectivity index is 1.52. The van der Waals surface area contributed by atoms with Gasteiger partial charge in [0.15, 0.2) is 5.58 Å². The summed E-state index contributed by atoms with van der Waals surface area (Å²) < 4.78 is 7.28. The molecule has 2 N–H and O–H groups in total. The molecule has 0 saturated heterocycles. The molecule has 0 spiro atoms. The summed E-state index contributed by atoms with van der Waals surface area (Å²) in [7, 11) is 0. The maximum Gasteiger partial charge on any atom is 0.231 e. The summed E-state index contributed by atoms with van der Waals surface area (Å²) in [5.41, 5.74) is 2.98. The Hall–Kier alpha value is -3.16. The van der Waals surface area contributed by atoms with E-state index in [1.165, 1.54) is 0 Å². The number of aromatic hydroxyl groups is 2. The minimum absolute atomic E-state index is 0.110. The van der Waals surface area contributed by atoms with E-state index in [9.17, 15) is 10.2 Å². The van der Waals surface area contributed by atoms with Gasteiger partial charge in [-0.15, -0.1) is 0 Å². The van der Waals surface area contributed by atoms with Gasteiger partial charge in [-0.3, -0.25) is 4.99 Å². The second-order valence-corrected chi connectivity index (χ2v) is 8.74. The molecule has 7 heteroatoms. The molecule has 0 unspecified atom stereocenters. The molecular weight excluding hydrogens is 524 g/mol. The second kappa shape index (κ2) is 7.83. The minimum atomic E-state index is 0.110. The van der Waals surface area contributed by atoms with Gasteiger partial charge in [0.05, 0.1) is 15.7 Å². The molecule has 0 aliphatic heterocycles. The van der Waals surface area contributed by atoms with Crippen molar-refractivity contribution in [3.63, 3.8) is 0 Å². The minimum Gasteiger partial charge on any atom is -0.507 e. The lowest BCUT2D eigenvalue weighted by Gasteiger charge is -2.03. The van der Waals surface area contributed by atoms with Crippen LogP contribution in [0, 0.1) is 0 Å². The highest BCUT2D eigenvalue weighted by atomic mass is 79.9. The average Bonchev–Trinajstić information content (AvgIpc) is 3.17. The topological polar surface area (TPSA) is 78.9 Å². The first-order chi connectivity index (χ1) is 15.0. The zero-order chi connectivity index (χ0) is 21.5. The fourth-order valence-electron chi connectivity index (χ4n) is 3.34. The number of benzene rings is 4. The Bertz CT molecular complexity index is 1490. The van der Waals surface area contributed by atoms with Gasteiger partial charge in [-0.05, 0) is 69.2 Å². The number of rotatable bonds is 3. The van der Waals surface area contributed by atoms with Crippen molar-refractivity contribution in [2.24, 2.45) is 4.99 Å². The van der Waals surface area contributed by atoms with Crippen molar-refractivity contribution in [3.8, 4) is 23.0 Å². The van der Waals surface area contributed by atoms with Crippen LogP contribution in [0.5, 0.6) is 11.5 Å². The first kappa shape index (κ1) is 19.8. The van der Waals surface area contributed by atoms with Crippen LogP contribution in [-0.2, 0) is 0 Å². The van der Waals surface area contributed by atoms with Crippen LogP contribution in [-0.4, -0.2) is 21.4 Å². The van der Waals surface area contributed by atoms with Gasteiger partial charge in [-0.25, -0.2) is 4.98 Å². The van der Waals surface area contributed by atoms with Crippen molar-refractivity contribution in [3.05, 3.63) is 81.2 Å². The zero-order valence-electron chi connectivity index (χ0n) is 15.9. The highest BCUT2D eigenvalue weighted by Crippen LogP contribution is 2.35. The lowest BCUT2D eigenvalue weighted by molar-refractivity contribution is 0.471. The van der Waals surface area contributed by atoms with Gasteiger partial charge in [-0.1, -0.05) is 40.2 Å². The molecule has 1 heterocycles. The Morgan fingerprint density at radius 2 is 1.68 bits per heavy atom. The van der Waals surface area contributed by atoms with Crippen molar-refractivity contribution in [2.45, 2.75) is 0 Å². The molecule has 0 bridgehead atoms. The fourth-order valence-corrected chi connectivity index (χ4v) is 4.60. The van der Waals surface area contributed by atoms with Gasteiger partial charge >= 0.3 is 0 Å². The molecule has 0 radical (unpaired) electrons. The second-order valence-electron chi connectivity index (χ2n) is 6.97. The molecule has 152 valence electrons. The predicted molar refractivity (Wildman–Crippen MR) is 129 cm³/mol. The fraction of sp³-hybridized carbons (Fsp3) is 0. The summed E-state index contributed by atoms with van der Waals surface area (Å²) in [4.78, 5) is 9.00. The van der Waals surface area contributed by atoms with Gasteiger partial charge in [0.1, 0.15) is 17.0 Å². The van der Waals surface area contributed by atoms with Crippen LogP contribution in [0.15, 0.2) is 85.1 Å². The molecule has 0 aliphatic carbocycles. The third kappa shape index (κ3) is 3.82. The SMILES string of the molecule is Oc1cc2ccccc2cc1-c1nc2cc(N=Cc3cc(Br)cc(Br)c3O)ccc2o1. The molecule has 1 aromatic heterocycles. The Morgan fingerprint density at radius 3 is 2.48 bits per heavy atom. The lowest BCUT2D eigenvalue weighted by atomic mass is 10.1. The van der Waals surface area contributed by atoms with Crippen LogP contribution in [0.25, 0.3) is 33.3 Å². The average molecular weight is 538 g/mol. The van der Waals surface area contributed by atoms with Crippen LogP contribution in [0.2, 0.25) is 0 Å². The van der Waals surface area contributed by atoms with Crippen molar-refractivity contribution >= 4 is 65.6 Å². The van der Waals surface area contributed by atoms with E-state index in [1.807, 2.05) is 30.3 Å². The highest BCUT2D eigenvalue weighted by Gasteiger charge is 2.14. The monoisotopic (exact) mass is 536 g/mol. The van der Waals surface area contributed by atoms with Gasteiger partial charge in [0, 0.05) is 16.3 Å². The standard InChI is InChI=1S/C24H14Br2N2O3/c25-16-7-15(23(30)19(26)10-16)12-27-17-5-6-22-20(11-17)28-24(31-22)18-8-13-3-1-2-4-14(13)9-21(18)29/h1-12,29-30H. The van der Waals surface area contributed by atoms with Crippen LogP contribution >= 0.6 is 31.9 Å². The number of aliphatic imine (C=N–C) groups is 1. The van der Waals surface area contributed by atoms with Crippen molar-refractivity contribution < 1.29 is 14.6 Å². The summed E-state index contributed by atoms with van der Waals surface area (Å²) in [6.07, 6.45) is 1.59. The molecule has 5 aromatic rings. The third-order valence-corrected chi connectivity index (χ3v) is 5.94. The highest BCUT2D eigenvalue weighted by molar-refractivity contribution is 9.11. The van der Waals surface area contributed by atoms with E-state index in [4.69, 9.17) is 4.42 Å². The van der Waals surface area contributed by atoms with Crippen molar-refractivity contribution in [1.82, 2.24) is 4.98 Å². The summed E-state index contributed by atoms with van der Waals surface area (Å²) in [5, 5.41) is 22.6. The van der Waals surface area contributed by atoms with Crippen LogP contribution in [0.1, 0.15) is 5.56 Å². The molecule has 4 aromatic carbocycles. The van der Waals surface area contributed by atoms with E-state index < -0.39 is 0 Å². The Kier molecular flexibility index (Phi) is 5.00. The van der Waals surface area contributed by atoms with Crippen molar-refractivity contribution in [1.29, 1.82) is 0 Å². The van der Waals surface area contributed by atoms with Gasteiger partial charge < -0.3 is 14.6 Å². The summed E-state index contributed by atoms with van der Waals surface area (Å²) in [6, 6.07) is 20.3. The third-order valence-electron chi connectivity index (χ3n) is 4.88. The molecule has 5 nitrogen and oxygen atoms in total. The number of nitrogens with zero attached hydrogens (tertiary/aromatic N) is 2. The first-order valence-electron chi connectivity index (χ1n) is 9.33. The van der Waals surface area contributed by atoms with E-state index in [-0.39, 0.29) is 11.5 Å². The van der Waals surface area contributed by atoms with E-state index >= 15 is 0 Å². The van der Waals surface area contributed by atoms with Crippen LogP contribution < -0.4 is 0 Å². The number of aromatic nitrogens is 1. The van der Waals surface area contributed by atoms with Gasteiger partial charge in [0.2, 0.25) is 5.89 Å². The van der Waals surface area contributed by atoms with E-state index in [0.717, 1.165) is 15.2 Å². The number of phenolic OH excluding ortho intramolecular Hbond substituents is 2. The zero-order valence-corrected chi connectivity index (χ0v) is 19.1. The summed E-state index contributed by atoms with van der Waals surface area (Å²) >= 11 is 6.72. The lowest BCUT2D eigenvalue weighted by Crippen LogP contribution is -1.84. The van der Waals surface area contributed by atoms with Crippen LogP contribution in [0.3, 0.4) is 0 Å². The quantitative estimate of drug-likeness (QED) is 0.236. The maximum atomic E-state index is 10.5. The molecular formula is C24H14Br2N2O3. The number of oxazole rings is 1. The summed E-state index contributed by atoms with van der Waals surface area (Å²) in [6.45, 7) is 0. The number of hydrogen-bond donors (Lipinski definition) is 2. The van der Waals surface area contributed by atoms with E-state index in [1.54, 1.807) is 42.6 Å². The summed E-state index contributed by atoms with van der Waals surface area (Å²) in [5.74, 6) is 0.565. The smallest absolute Gasteiger partial charge is 0.231 e. The molecule has 0 fully saturated rings. The van der Waals surface area contributed by atoms with Crippen LogP contribution in [0.4, 0.5) is 5.69 Å². The molecule has 0 aliphatic rings. The van der Waals surface area contributed by atoms with Crippen molar-refractivity contribution in [2.75, 3.05) is 0 Å². The normalized spacial score (nSPS) is 11.7. The molecule has 0 saturated carbocycles. The molecule has 0 amide bonds.